The van der Waals surface area contributed by atoms with Gasteiger partial charge in [-0.3, -0.25) is 0 Å². The molecular weight excluding hydrogens is 436 g/mol. The molecule has 0 aliphatic heterocycles. The smallest absolute Gasteiger partial charge is 0.119 e. The predicted molar refractivity (Wildman–Crippen MR) is 156 cm³/mol. The summed E-state index contributed by atoms with van der Waals surface area (Å²) >= 11 is 0. The van der Waals surface area contributed by atoms with Gasteiger partial charge in [0.2, 0.25) is 0 Å². The molecule has 1 nitrogen and oxygen atoms in total. The molecule has 2 aromatic rings. The Morgan fingerprint density at radius 1 is 0.667 bits per heavy atom. The lowest BCUT2D eigenvalue weighted by Gasteiger charge is -2.28. The summed E-state index contributed by atoms with van der Waals surface area (Å²) in [6, 6.07) is 18.0. The molecule has 196 valence electrons. The van der Waals surface area contributed by atoms with Gasteiger partial charge in [0, 0.05) is 0 Å². The van der Waals surface area contributed by atoms with Crippen LogP contribution in [0.1, 0.15) is 115 Å². The van der Waals surface area contributed by atoms with E-state index in [4.69, 9.17) is 4.74 Å². The van der Waals surface area contributed by atoms with Gasteiger partial charge >= 0.3 is 0 Å². The van der Waals surface area contributed by atoms with E-state index in [2.05, 4.69) is 74.5 Å². The number of ether oxygens (including phenoxy) is 1. The van der Waals surface area contributed by atoms with Gasteiger partial charge in [0.1, 0.15) is 12.4 Å². The molecule has 0 saturated heterocycles. The first-order valence-electron chi connectivity index (χ1n) is 15.2. The summed E-state index contributed by atoms with van der Waals surface area (Å²) in [4.78, 5) is 0. The minimum atomic E-state index is 0.672. The van der Waals surface area contributed by atoms with Crippen molar-refractivity contribution in [3.8, 4) is 16.9 Å². The van der Waals surface area contributed by atoms with E-state index in [0.29, 0.717) is 6.61 Å². The number of benzene rings is 2. The van der Waals surface area contributed by atoms with Crippen molar-refractivity contribution in [3.63, 3.8) is 0 Å². The Hall–Kier alpha value is -2.02. The minimum absolute atomic E-state index is 0.672. The Kier molecular flexibility index (Phi) is 11.0. The number of unbranched alkanes of at least 4 members (excludes halogenated alkanes) is 2. The molecule has 0 aromatic heterocycles. The van der Waals surface area contributed by atoms with Crippen LogP contribution in [0, 0.1) is 17.8 Å². The normalized spacial score (nSPS) is 24.7. The Labute approximate surface area is 221 Å². The molecule has 0 heterocycles. The second-order valence-corrected chi connectivity index (χ2v) is 11.7. The number of rotatable bonds is 12. The van der Waals surface area contributed by atoms with Crippen molar-refractivity contribution in [3.05, 3.63) is 66.2 Å². The maximum absolute atomic E-state index is 6.01. The maximum Gasteiger partial charge on any atom is 0.119 e. The Morgan fingerprint density at radius 2 is 1.28 bits per heavy atom. The highest BCUT2D eigenvalue weighted by Gasteiger charge is 2.22. The molecule has 1 heteroatoms. The summed E-state index contributed by atoms with van der Waals surface area (Å²) in [6.45, 7) is 5.29. The van der Waals surface area contributed by atoms with Crippen LogP contribution in [0.25, 0.3) is 11.1 Å². The van der Waals surface area contributed by atoms with E-state index >= 15 is 0 Å². The fraction of sp³-hybridized carbons (Fsp3) is 0.600. The fourth-order valence-electron chi connectivity index (χ4n) is 6.63. The summed E-state index contributed by atoms with van der Waals surface area (Å²) in [5.74, 6) is 4.44. The van der Waals surface area contributed by atoms with Gasteiger partial charge in [0.15, 0.2) is 0 Å². The van der Waals surface area contributed by atoms with E-state index in [1.54, 1.807) is 0 Å². The van der Waals surface area contributed by atoms with Gasteiger partial charge in [-0.05, 0) is 104 Å². The zero-order valence-corrected chi connectivity index (χ0v) is 23.1. The zero-order valence-electron chi connectivity index (χ0n) is 23.1. The third-order valence-corrected chi connectivity index (χ3v) is 8.98. The molecular formula is C35H50O. The average Bonchev–Trinajstić information content (AvgIpc) is 2.93. The topological polar surface area (TPSA) is 9.23 Å². The van der Waals surface area contributed by atoms with E-state index in [9.17, 15) is 0 Å². The summed E-state index contributed by atoms with van der Waals surface area (Å²) in [6.07, 6.45) is 24.2. The Bertz CT molecular complexity index is 877. The summed E-state index contributed by atoms with van der Waals surface area (Å²) in [7, 11) is 0. The Morgan fingerprint density at radius 3 is 1.92 bits per heavy atom. The van der Waals surface area contributed by atoms with Crippen molar-refractivity contribution in [1.29, 1.82) is 0 Å². The van der Waals surface area contributed by atoms with Crippen molar-refractivity contribution in [1.82, 2.24) is 0 Å². The molecule has 0 spiro atoms. The fourth-order valence-corrected chi connectivity index (χ4v) is 6.63. The maximum atomic E-state index is 6.01. The van der Waals surface area contributed by atoms with Crippen LogP contribution < -0.4 is 4.74 Å². The van der Waals surface area contributed by atoms with Crippen LogP contribution in [-0.4, -0.2) is 6.61 Å². The van der Waals surface area contributed by atoms with Crippen LogP contribution in [0.2, 0.25) is 0 Å². The third kappa shape index (κ3) is 8.25. The van der Waals surface area contributed by atoms with Crippen molar-refractivity contribution < 1.29 is 4.74 Å². The predicted octanol–water partition coefficient (Wildman–Crippen LogP) is 10.7. The lowest BCUT2D eigenvalue weighted by Crippen LogP contribution is -2.13. The van der Waals surface area contributed by atoms with Crippen molar-refractivity contribution >= 4 is 0 Å². The molecule has 0 bridgehead atoms. The summed E-state index contributed by atoms with van der Waals surface area (Å²) in [5.41, 5.74) is 4.10. The van der Waals surface area contributed by atoms with Crippen LogP contribution >= 0.6 is 0 Å². The monoisotopic (exact) mass is 486 g/mol. The molecule has 2 aliphatic rings. The molecule has 4 rings (SSSR count). The number of hydrogen-bond acceptors (Lipinski definition) is 1. The summed E-state index contributed by atoms with van der Waals surface area (Å²) < 4.78 is 6.01. The van der Waals surface area contributed by atoms with E-state index in [1.807, 2.05) is 0 Å². The van der Waals surface area contributed by atoms with Crippen molar-refractivity contribution in [2.24, 2.45) is 17.8 Å². The molecule has 0 atom stereocenters. The standard InChI is InChI=1S/C35H50O/c1-3-5-6-9-29-11-13-30(14-12-29)10-7-27-36-35-25-23-34(24-26-35)33-21-19-32(20-22-33)31-17-15-28(8-4-2)16-18-31/h7,10,19-26,28-31H,3-6,8-9,11-18,27H2,1-2H3. The third-order valence-electron chi connectivity index (χ3n) is 8.98. The first-order valence-corrected chi connectivity index (χ1v) is 15.2. The van der Waals surface area contributed by atoms with Gasteiger partial charge in [-0.1, -0.05) is 101 Å². The molecule has 0 N–H and O–H groups in total. The van der Waals surface area contributed by atoms with Crippen molar-refractivity contribution in [2.75, 3.05) is 6.61 Å². The zero-order chi connectivity index (χ0) is 25.0. The molecule has 0 amide bonds. The molecule has 2 saturated carbocycles. The van der Waals surface area contributed by atoms with Gasteiger partial charge < -0.3 is 4.74 Å². The molecule has 36 heavy (non-hydrogen) atoms. The summed E-state index contributed by atoms with van der Waals surface area (Å²) in [5, 5.41) is 0. The first kappa shape index (κ1) is 27.0. The lowest BCUT2D eigenvalue weighted by atomic mass is 9.77. The lowest BCUT2D eigenvalue weighted by molar-refractivity contribution is 0.288. The second kappa shape index (κ2) is 14.7. The quantitative estimate of drug-likeness (QED) is 0.214. The highest BCUT2D eigenvalue weighted by Crippen LogP contribution is 2.38. The average molecular weight is 487 g/mol. The highest BCUT2D eigenvalue weighted by molar-refractivity contribution is 5.64. The molecule has 0 unspecified atom stereocenters. The van der Waals surface area contributed by atoms with E-state index in [0.717, 1.165) is 29.4 Å². The first-order chi connectivity index (χ1) is 17.7. The SMILES string of the molecule is CCCCCC1CCC(C=CCOc2ccc(-c3ccc(C4CCC(CCC)CC4)cc3)cc2)CC1. The number of hydrogen-bond donors (Lipinski definition) is 0. The van der Waals surface area contributed by atoms with Crippen LogP contribution in [0.3, 0.4) is 0 Å². The van der Waals surface area contributed by atoms with Gasteiger partial charge in [-0.25, -0.2) is 0 Å². The highest BCUT2D eigenvalue weighted by atomic mass is 16.5. The van der Waals surface area contributed by atoms with Crippen LogP contribution in [-0.2, 0) is 0 Å². The minimum Gasteiger partial charge on any atom is -0.490 e. The van der Waals surface area contributed by atoms with Crippen LogP contribution in [0.5, 0.6) is 5.75 Å². The van der Waals surface area contributed by atoms with E-state index < -0.39 is 0 Å². The van der Waals surface area contributed by atoms with Gasteiger partial charge in [-0.2, -0.15) is 0 Å². The molecule has 2 aromatic carbocycles. The Balaban J connectivity index is 1.18. The van der Waals surface area contributed by atoms with E-state index in [-0.39, 0.29) is 0 Å². The van der Waals surface area contributed by atoms with Gasteiger partial charge in [0.05, 0.1) is 0 Å². The van der Waals surface area contributed by atoms with Gasteiger partial charge in [0.25, 0.3) is 0 Å². The number of allylic oxidation sites excluding steroid dienone is 1. The molecule has 2 aliphatic carbocycles. The van der Waals surface area contributed by atoms with Crippen LogP contribution in [0.4, 0.5) is 0 Å². The second-order valence-electron chi connectivity index (χ2n) is 11.7. The van der Waals surface area contributed by atoms with Crippen LogP contribution in [0.15, 0.2) is 60.7 Å². The largest absolute Gasteiger partial charge is 0.490 e. The van der Waals surface area contributed by atoms with Gasteiger partial charge in [-0.15, -0.1) is 0 Å². The molecule has 0 radical (unpaired) electrons. The van der Waals surface area contributed by atoms with E-state index in [1.165, 1.54) is 107 Å². The molecule has 2 fully saturated rings. The van der Waals surface area contributed by atoms with Crippen molar-refractivity contribution in [2.45, 2.75) is 110 Å².